The summed E-state index contributed by atoms with van der Waals surface area (Å²) in [6, 6.07) is 8.01. The van der Waals surface area contributed by atoms with Crippen molar-refractivity contribution < 1.29 is 9.53 Å². The normalized spacial score (nSPS) is 15.9. The Hall–Kier alpha value is -2.90. The number of carbonyl (C=O) groups excluding carboxylic acids is 1. The minimum absolute atomic E-state index is 0.147. The zero-order valence-corrected chi connectivity index (χ0v) is 18.6. The third-order valence-corrected chi connectivity index (χ3v) is 6.27. The van der Waals surface area contributed by atoms with E-state index in [1.807, 2.05) is 51.2 Å². The second kappa shape index (κ2) is 8.69. The predicted octanol–water partition coefficient (Wildman–Crippen LogP) is 2.88. The lowest BCUT2D eigenvalue weighted by atomic mass is 10.0. The van der Waals surface area contributed by atoms with Gasteiger partial charge < -0.3 is 19.4 Å². The largest absolute Gasteiger partial charge is 0.379 e. The molecule has 1 fully saturated rings. The average Bonchev–Trinajstić information content (AvgIpc) is 3.20. The highest BCUT2D eigenvalue weighted by molar-refractivity contribution is 5.97. The number of aromatic amines is 1. The second-order valence-corrected chi connectivity index (χ2v) is 8.32. The van der Waals surface area contributed by atoms with E-state index in [2.05, 4.69) is 26.5 Å². The third kappa shape index (κ3) is 4.16. The number of aromatic nitrogens is 2. The van der Waals surface area contributed by atoms with E-state index >= 15 is 0 Å². The van der Waals surface area contributed by atoms with Crippen molar-refractivity contribution in [2.75, 3.05) is 26.3 Å². The lowest BCUT2D eigenvalue weighted by Gasteiger charge is -2.34. The number of pyridine rings is 2. The van der Waals surface area contributed by atoms with Gasteiger partial charge in [0.15, 0.2) is 0 Å². The fourth-order valence-corrected chi connectivity index (χ4v) is 4.56. The Morgan fingerprint density at radius 3 is 2.68 bits per heavy atom. The molecular formula is C24H30N4O3. The van der Waals surface area contributed by atoms with E-state index in [0.717, 1.165) is 54.3 Å². The summed E-state index contributed by atoms with van der Waals surface area (Å²) in [5.41, 5.74) is 5.81. The molecule has 3 aromatic heterocycles. The van der Waals surface area contributed by atoms with E-state index in [4.69, 9.17) is 4.74 Å². The highest BCUT2D eigenvalue weighted by atomic mass is 16.5. The summed E-state index contributed by atoms with van der Waals surface area (Å²) >= 11 is 0. The number of nitrogens with zero attached hydrogens (tertiary/aromatic N) is 2. The number of ether oxygens (including phenoxy) is 1. The minimum atomic E-state index is -0.170. The van der Waals surface area contributed by atoms with E-state index in [-0.39, 0.29) is 24.1 Å². The lowest BCUT2D eigenvalue weighted by Crippen LogP contribution is -2.39. The van der Waals surface area contributed by atoms with Crippen LogP contribution in [0.15, 0.2) is 35.3 Å². The number of aryl methyl sites for hydroxylation is 2. The molecule has 4 heterocycles. The molecule has 7 heteroatoms. The summed E-state index contributed by atoms with van der Waals surface area (Å²) in [5.74, 6) is -0.170. The summed E-state index contributed by atoms with van der Waals surface area (Å²) in [6.45, 7) is 11.3. The molecule has 0 radical (unpaired) electrons. The molecule has 2 N–H and O–H groups in total. The van der Waals surface area contributed by atoms with Gasteiger partial charge in [0.1, 0.15) is 0 Å². The molecule has 1 atom stereocenters. The van der Waals surface area contributed by atoms with Gasteiger partial charge in [-0.1, -0.05) is 0 Å². The molecule has 0 aliphatic carbocycles. The van der Waals surface area contributed by atoms with Gasteiger partial charge in [-0.25, -0.2) is 0 Å². The summed E-state index contributed by atoms with van der Waals surface area (Å²) in [6.07, 6.45) is 2.05. The van der Waals surface area contributed by atoms with Gasteiger partial charge >= 0.3 is 0 Å². The summed E-state index contributed by atoms with van der Waals surface area (Å²) in [5, 5.41) is 2.96. The third-order valence-electron chi connectivity index (χ3n) is 6.27. The van der Waals surface area contributed by atoms with E-state index in [9.17, 15) is 9.59 Å². The van der Waals surface area contributed by atoms with Crippen molar-refractivity contribution >= 4 is 11.4 Å². The van der Waals surface area contributed by atoms with Crippen molar-refractivity contribution in [2.24, 2.45) is 0 Å². The van der Waals surface area contributed by atoms with Crippen LogP contribution in [0.5, 0.6) is 0 Å². The zero-order valence-electron chi connectivity index (χ0n) is 18.6. The number of fused-ring (bicyclic) bond motifs is 1. The van der Waals surface area contributed by atoms with Crippen LogP contribution in [-0.4, -0.2) is 46.5 Å². The minimum Gasteiger partial charge on any atom is -0.379 e. The molecule has 0 saturated carbocycles. The average molecular weight is 423 g/mol. The Bertz CT molecular complexity index is 1170. The molecule has 1 aliphatic rings. The van der Waals surface area contributed by atoms with E-state index < -0.39 is 0 Å². The number of amides is 1. The molecule has 4 rings (SSSR count). The van der Waals surface area contributed by atoms with E-state index in [0.29, 0.717) is 11.1 Å². The standard InChI is InChI=1S/C24H30N4O3/c1-15-12-16(2)26-24(30)21(15)14-25-23(29)20-13-19-6-5-7-28(19)22(17(20)3)18(4)27-8-10-31-11-9-27/h5-7,12-13,18H,8-11,14H2,1-4H3,(H,25,29)(H,26,30). The van der Waals surface area contributed by atoms with Crippen LogP contribution in [-0.2, 0) is 11.3 Å². The molecule has 1 unspecified atom stereocenters. The zero-order chi connectivity index (χ0) is 22.1. The van der Waals surface area contributed by atoms with Crippen molar-refractivity contribution in [3.8, 4) is 0 Å². The second-order valence-electron chi connectivity index (χ2n) is 8.32. The maximum absolute atomic E-state index is 13.2. The summed E-state index contributed by atoms with van der Waals surface area (Å²) in [4.78, 5) is 30.7. The van der Waals surface area contributed by atoms with Gasteiger partial charge in [-0.15, -0.1) is 0 Å². The van der Waals surface area contributed by atoms with Gasteiger partial charge in [0.25, 0.3) is 11.5 Å². The molecule has 7 nitrogen and oxygen atoms in total. The van der Waals surface area contributed by atoms with Crippen molar-refractivity contribution in [3.05, 3.63) is 74.5 Å². The quantitative estimate of drug-likeness (QED) is 0.663. The maximum atomic E-state index is 13.2. The van der Waals surface area contributed by atoms with Crippen molar-refractivity contribution in [1.82, 2.24) is 19.6 Å². The number of rotatable bonds is 5. The fourth-order valence-electron chi connectivity index (χ4n) is 4.56. The van der Waals surface area contributed by atoms with Crippen molar-refractivity contribution in [1.29, 1.82) is 0 Å². The molecule has 164 valence electrons. The van der Waals surface area contributed by atoms with Gasteiger partial charge in [0.05, 0.1) is 13.2 Å². The van der Waals surface area contributed by atoms with Crippen molar-refractivity contribution in [2.45, 2.75) is 40.3 Å². The first-order chi connectivity index (χ1) is 14.9. The van der Waals surface area contributed by atoms with Crippen LogP contribution in [0, 0.1) is 20.8 Å². The Morgan fingerprint density at radius 2 is 1.97 bits per heavy atom. The molecule has 0 aromatic carbocycles. The summed E-state index contributed by atoms with van der Waals surface area (Å²) < 4.78 is 7.68. The number of hydrogen-bond donors (Lipinski definition) is 2. The number of nitrogens with one attached hydrogen (secondary N) is 2. The van der Waals surface area contributed by atoms with Crippen LogP contribution < -0.4 is 10.9 Å². The van der Waals surface area contributed by atoms with Gasteiger partial charge in [-0.05, 0) is 63.1 Å². The van der Waals surface area contributed by atoms with Crippen LogP contribution in [0.1, 0.15) is 51.4 Å². The Morgan fingerprint density at radius 1 is 1.23 bits per heavy atom. The Balaban J connectivity index is 1.65. The molecule has 31 heavy (non-hydrogen) atoms. The number of carbonyl (C=O) groups is 1. The summed E-state index contributed by atoms with van der Waals surface area (Å²) in [7, 11) is 0. The molecule has 0 bridgehead atoms. The molecule has 1 saturated heterocycles. The number of H-pyrrole nitrogens is 1. The van der Waals surface area contributed by atoms with Crippen LogP contribution >= 0.6 is 0 Å². The molecular weight excluding hydrogens is 392 g/mol. The molecule has 1 aliphatic heterocycles. The maximum Gasteiger partial charge on any atom is 0.253 e. The first kappa shape index (κ1) is 21.3. The van der Waals surface area contributed by atoms with Gasteiger partial charge in [0.2, 0.25) is 0 Å². The first-order valence-electron chi connectivity index (χ1n) is 10.8. The van der Waals surface area contributed by atoms with Crippen LogP contribution in [0.2, 0.25) is 0 Å². The predicted molar refractivity (Wildman–Crippen MR) is 121 cm³/mol. The topological polar surface area (TPSA) is 78.8 Å². The smallest absolute Gasteiger partial charge is 0.253 e. The Kier molecular flexibility index (Phi) is 5.98. The molecule has 3 aromatic rings. The lowest BCUT2D eigenvalue weighted by molar-refractivity contribution is 0.0187. The highest BCUT2D eigenvalue weighted by Gasteiger charge is 2.25. The molecule has 0 spiro atoms. The highest BCUT2D eigenvalue weighted by Crippen LogP contribution is 2.28. The van der Waals surface area contributed by atoms with Crippen molar-refractivity contribution in [3.63, 3.8) is 0 Å². The van der Waals surface area contributed by atoms with Crippen LogP contribution in [0.3, 0.4) is 0 Å². The fraction of sp³-hybridized carbons (Fsp3) is 0.417. The SMILES string of the molecule is Cc1cc(C)c(CNC(=O)c2cc3cccn3c(C(C)N3CCOCC3)c2C)c(=O)[nH]1. The Labute approximate surface area is 182 Å². The van der Waals surface area contributed by atoms with Gasteiger partial charge in [-0.2, -0.15) is 0 Å². The van der Waals surface area contributed by atoms with Crippen LogP contribution in [0.25, 0.3) is 5.52 Å². The van der Waals surface area contributed by atoms with Crippen LogP contribution in [0.4, 0.5) is 0 Å². The first-order valence-corrected chi connectivity index (χ1v) is 10.8. The monoisotopic (exact) mass is 422 g/mol. The number of hydrogen-bond acceptors (Lipinski definition) is 4. The van der Waals surface area contributed by atoms with E-state index in [1.165, 1.54) is 0 Å². The van der Waals surface area contributed by atoms with E-state index in [1.54, 1.807) is 0 Å². The van der Waals surface area contributed by atoms with Gasteiger partial charge in [0, 0.05) is 59.9 Å². The van der Waals surface area contributed by atoms with Gasteiger partial charge in [-0.3, -0.25) is 14.5 Å². The molecule has 1 amide bonds. The number of morpholine rings is 1.